The molecule has 0 unspecified atom stereocenters. The first-order valence-electron chi connectivity index (χ1n) is 7.37. The zero-order chi connectivity index (χ0) is 18.9. The van der Waals surface area contributed by atoms with Crippen LogP contribution in [0.5, 0.6) is 0 Å². The maximum absolute atomic E-state index is 13.4. The highest BCUT2D eigenvalue weighted by molar-refractivity contribution is 5.93. The molecule has 0 radical (unpaired) electrons. The molecule has 0 aliphatic heterocycles. The molecule has 7 nitrogen and oxygen atoms in total. The average molecular weight is 362 g/mol. The molecule has 0 aliphatic rings. The van der Waals surface area contributed by atoms with Crippen LogP contribution in [0.3, 0.4) is 0 Å². The lowest BCUT2D eigenvalue weighted by molar-refractivity contribution is -0.137. The molecule has 3 N–H and O–H groups in total. The molecule has 0 fully saturated rings. The lowest BCUT2D eigenvalue weighted by Crippen LogP contribution is -2.11. The van der Waals surface area contributed by atoms with E-state index in [1.165, 1.54) is 43.4 Å². The average Bonchev–Trinajstić information content (AvgIpc) is 3.00. The second kappa shape index (κ2) is 6.47. The summed E-state index contributed by atoms with van der Waals surface area (Å²) < 4.78 is 40.3. The van der Waals surface area contributed by atoms with Crippen molar-refractivity contribution in [2.24, 2.45) is 12.8 Å². The Bertz CT molecular complexity index is 949. The number of nitrogens with zero attached hydrogens (tertiary/aromatic N) is 4. The number of hydrogen-bond acceptors (Lipinski definition) is 5. The van der Waals surface area contributed by atoms with Crippen molar-refractivity contribution in [1.29, 1.82) is 0 Å². The van der Waals surface area contributed by atoms with Crippen molar-refractivity contribution in [2.75, 3.05) is 5.32 Å². The minimum absolute atomic E-state index is 0.152. The second-order valence-corrected chi connectivity index (χ2v) is 5.39. The highest BCUT2D eigenvalue weighted by atomic mass is 19.4. The van der Waals surface area contributed by atoms with Gasteiger partial charge in [-0.15, -0.1) is 10.2 Å². The van der Waals surface area contributed by atoms with E-state index in [0.29, 0.717) is 5.69 Å². The fraction of sp³-hybridized carbons (Fsp3) is 0.125. The van der Waals surface area contributed by atoms with Gasteiger partial charge in [0.1, 0.15) is 0 Å². The maximum Gasteiger partial charge on any atom is 0.417 e. The van der Waals surface area contributed by atoms with E-state index in [4.69, 9.17) is 5.73 Å². The van der Waals surface area contributed by atoms with E-state index in [1.54, 1.807) is 0 Å². The number of anilines is 2. The zero-order valence-corrected chi connectivity index (χ0v) is 13.4. The minimum Gasteiger partial charge on any atom is -0.366 e. The number of halogens is 3. The van der Waals surface area contributed by atoms with Crippen molar-refractivity contribution in [1.82, 2.24) is 20.2 Å². The molecule has 0 atom stereocenters. The summed E-state index contributed by atoms with van der Waals surface area (Å²) in [5.41, 5.74) is 4.99. The zero-order valence-electron chi connectivity index (χ0n) is 13.4. The van der Waals surface area contributed by atoms with Crippen molar-refractivity contribution < 1.29 is 18.0 Å². The van der Waals surface area contributed by atoms with E-state index in [-0.39, 0.29) is 22.6 Å². The van der Waals surface area contributed by atoms with Gasteiger partial charge in [-0.1, -0.05) is 6.07 Å². The van der Waals surface area contributed by atoms with E-state index >= 15 is 0 Å². The van der Waals surface area contributed by atoms with E-state index in [9.17, 15) is 18.0 Å². The molecule has 134 valence electrons. The van der Waals surface area contributed by atoms with Crippen LogP contribution >= 0.6 is 0 Å². The number of rotatable bonds is 4. The largest absolute Gasteiger partial charge is 0.417 e. The lowest BCUT2D eigenvalue weighted by atomic mass is 10.0. The molecule has 1 heterocycles. The number of alkyl halides is 3. The Balaban J connectivity index is 2.08. The van der Waals surface area contributed by atoms with Gasteiger partial charge in [-0.05, 0) is 41.6 Å². The van der Waals surface area contributed by atoms with Crippen LogP contribution in [0.25, 0.3) is 11.4 Å². The normalized spacial score (nSPS) is 11.4. The number of carbonyl (C=O) groups is 1. The first-order chi connectivity index (χ1) is 12.3. The van der Waals surface area contributed by atoms with Gasteiger partial charge in [0.15, 0.2) is 0 Å². The van der Waals surface area contributed by atoms with Gasteiger partial charge in [0, 0.05) is 11.3 Å². The van der Waals surface area contributed by atoms with Gasteiger partial charge in [-0.2, -0.15) is 18.0 Å². The minimum atomic E-state index is -4.60. The van der Waals surface area contributed by atoms with Gasteiger partial charge < -0.3 is 11.1 Å². The smallest absolute Gasteiger partial charge is 0.366 e. The number of aryl methyl sites for hydroxylation is 1. The van der Waals surface area contributed by atoms with Crippen LogP contribution in [-0.2, 0) is 13.2 Å². The molecule has 0 spiro atoms. The summed E-state index contributed by atoms with van der Waals surface area (Å²) in [5.74, 6) is -0.753. The quantitative estimate of drug-likeness (QED) is 0.744. The molecule has 0 saturated carbocycles. The molecule has 2 aromatic carbocycles. The van der Waals surface area contributed by atoms with Crippen LogP contribution in [0.2, 0.25) is 0 Å². The van der Waals surface area contributed by atoms with Gasteiger partial charge in [0.2, 0.25) is 11.7 Å². The number of hydrogen-bond donors (Lipinski definition) is 2. The Kier molecular flexibility index (Phi) is 4.33. The van der Waals surface area contributed by atoms with Gasteiger partial charge in [-0.25, -0.2) is 0 Å². The summed E-state index contributed by atoms with van der Waals surface area (Å²) in [4.78, 5) is 12.2. The molecule has 3 rings (SSSR count). The van der Waals surface area contributed by atoms with Crippen molar-refractivity contribution in [3.05, 3.63) is 53.6 Å². The molecule has 0 aliphatic carbocycles. The number of aromatic nitrogens is 4. The summed E-state index contributed by atoms with van der Waals surface area (Å²) in [6, 6.07) is 9.72. The van der Waals surface area contributed by atoms with Gasteiger partial charge >= 0.3 is 6.18 Å². The van der Waals surface area contributed by atoms with Crippen molar-refractivity contribution in [2.45, 2.75) is 6.18 Å². The second-order valence-electron chi connectivity index (χ2n) is 5.39. The summed E-state index contributed by atoms with van der Waals surface area (Å²) in [5, 5.41) is 14.1. The molecule has 10 heteroatoms. The highest BCUT2D eigenvalue weighted by Gasteiger charge is 2.36. The SMILES string of the molecule is Cn1nnc(-c2c(Nc3ccc(C(N)=O)cc3)cccc2C(F)(F)F)n1. The molecule has 26 heavy (non-hydrogen) atoms. The number of benzene rings is 2. The van der Waals surface area contributed by atoms with Crippen LogP contribution in [0.15, 0.2) is 42.5 Å². The van der Waals surface area contributed by atoms with Gasteiger partial charge in [-0.3, -0.25) is 4.79 Å². The molecule has 0 saturated heterocycles. The monoisotopic (exact) mass is 362 g/mol. The third-order valence-electron chi connectivity index (χ3n) is 3.55. The Hall–Kier alpha value is -3.43. The number of amides is 1. The van der Waals surface area contributed by atoms with Crippen molar-refractivity contribution in [3.63, 3.8) is 0 Å². The van der Waals surface area contributed by atoms with Crippen molar-refractivity contribution in [3.8, 4) is 11.4 Å². The van der Waals surface area contributed by atoms with Crippen LogP contribution in [0, 0.1) is 0 Å². The first-order valence-corrected chi connectivity index (χ1v) is 7.37. The standard InChI is InChI=1S/C16H13F3N6O/c1-25-23-15(22-24-25)13-11(16(17,18)19)3-2-4-12(13)21-10-7-5-9(6-8-10)14(20)26/h2-8,21H,1H3,(H2,20,26). The number of tetrazole rings is 1. The number of primary amides is 1. The predicted molar refractivity (Wildman–Crippen MR) is 87.5 cm³/mol. The predicted octanol–water partition coefficient (Wildman–Crippen LogP) is 2.74. The van der Waals surface area contributed by atoms with E-state index in [2.05, 4.69) is 20.7 Å². The maximum atomic E-state index is 13.4. The summed E-state index contributed by atoms with van der Waals surface area (Å²) in [6.45, 7) is 0. The van der Waals surface area contributed by atoms with Gasteiger partial charge in [0.25, 0.3) is 0 Å². The molecule has 3 aromatic rings. The highest BCUT2D eigenvalue weighted by Crippen LogP contribution is 2.40. The number of nitrogens with one attached hydrogen (secondary N) is 1. The lowest BCUT2D eigenvalue weighted by Gasteiger charge is -2.16. The Morgan fingerprint density at radius 2 is 1.85 bits per heavy atom. The fourth-order valence-corrected chi connectivity index (χ4v) is 2.39. The van der Waals surface area contributed by atoms with Crippen molar-refractivity contribution >= 4 is 17.3 Å². The Morgan fingerprint density at radius 3 is 2.38 bits per heavy atom. The van der Waals surface area contributed by atoms with Gasteiger partial charge in [0.05, 0.1) is 23.9 Å². The van der Waals surface area contributed by atoms with Crippen LogP contribution in [0.1, 0.15) is 15.9 Å². The van der Waals surface area contributed by atoms with Crippen LogP contribution in [-0.4, -0.2) is 26.1 Å². The molecule has 1 aromatic heterocycles. The summed E-state index contributed by atoms with van der Waals surface area (Å²) >= 11 is 0. The van der Waals surface area contributed by atoms with Crippen LogP contribution in [0.4, 0.5) is 24.5 Å². The number of nitrogens with two attached hydrogens (primary N) is 1. The van der Waals surface area contributed by atoms with E-state index in [0.717, 1.165) is 10.9 Å². The molecular formula is C16H13F3N6O. The molecular weight excluding hydrogens is 349 g/mol. The molecule has 0 bridgehead atoms. The van der Waals surface area contributed by atoms with E-state index < -0.39 is 17.6 Å². The first kappa shape index (κ1) is 17.4. The van der Waals surface area contributed by atoms with Crippen LogP contribution < -0.4 is 11.1 Å². The summed E-state index contributed by atoms with van der Waals surface area (Å²) in [6.07, 6.45) is -4.60. The fourth-order valence-electron chi connectivity index (χ4n) is 2.39. The molecule has 1 amide bonds. The Labute approximate surface area is 145 Å². The topological polar surface area (TPSA) is 98.7 Å². The Morgan fingerprint density at radius 1 is 1.15 bits per heavy atom. The number of carbonyl (C=O) groups excluding carboxylic acids is 1. The third kappa shape index (κ3) is 3.48. The van der Waals surface area contributed by atoms with E-state index in [1.807, 2.05) is 0 Å². The third-order valence-corrected chi connectivity index (χ3v) is 3.55. The summed E-state index contributed by atoms with van der Waals surface area (Å²) in [7, 11) is 1.46.